The molecule has 0 aliphatic carbocycles. The van der Waals surface area contributed by atoms with Crippen molar-refractivity contribution in [2.24, 2.45) is 5.92 Å². The largest absolute Gasteiger partial charge is 0.340 e. The number of aryl methyl sites for hydroxylation is 1. The fourth-order valence-electron chi connectivity index (χ4n) is 3.35. The summed E-state index contributed by atoms with van der Waals surface area (Å²) in [6.07, 6.45) is 0.446. The zero-order valence-corrected chi connectivity index (χ0v) is 15.5. The molecule has 0 unspecified atom stereocenters. The first-order valence-corrected chi connectivity index (χ1v) is 8.98. The van der Waals surface area contributed by atoms with E-state index in [0.29, 0.717) is 43.7 Å². The monoisotopic (exact) mass is 360 g/mol. The molecule has 26 heavy (non-hydrogen) atoms. The number of benzene rings is 1. The molecule has 0 radical (unpaired) electrons. The average Bonchev–Trinajstić information content (AvgIpc) is 2.94. The zero-order valence-electron chi connectivity index (χ0n) is 15.5. The third-order valence-corrected chi connectivity index (χ3v) is 4.78. The van der Waals surface area contributed by atoms with Crippen LogP contribution in [-0.4, -0.2) is 45.0 Å². The molecule has 1 aromatic heterocycles. The number of aromatic nitrogens is 2. The Morgan fingerprint density at radius 1 is 1.27 bits per heavy atom. The lowest BCUT2D eigenvalue weighted by atomic mass is 10.0. The summed E-state index contributed by atoms with van der Waals surface area (Å²) in [6.45, 7) is 8.49. The summed E-state index contributed by atoms with van der Waals surface area (Å²) >= 11 is 0. The standard InChI is InChI=1S/C19H25FN4O2/c1-13(2)17-11-23(12-18-21-14(3)26-22-18)9-8-19(25)24(17)10-15-4-6-16(20)7-5-15/h4-7,13,17H,8-12H2,1-3H3/t17-/m1/s1. The summed E-state index contributed by atoms with van der Waals surface area (Å²) in [7, 11) is 0. The summed E-state index contributed by atoms with van der Waals surface area (Å²) in [5.41, 5.74) is 0.938. The SMILES string of the molecule is Cc1nc(CN2CCC(=O)N(Cc3ccc(F)cc3)[C@@H](C(C)C)C2)no1. The normalized spacial score (nSPS) is 19.2. The molecule has 1 saturated heterocycles. The Kier molecular flexibility index (Phi) is 5.66. The number of nitrogens with zero attached hydrogens (tertiary/aromatic N) is 4. The van der Waals surface area contributed by atoms with Crippen LogP contribution in [0.3, 0.4) is 0 Å². The molecule has 1 aromatic carbocycles. The summed E-state index contributed by atoms with van der Waals surface area (Å²) in [4.78, 5) is 21.2. The second kappa shape index (κ2) is 7.95. The van der Waals surface area contributed by atoms with Crippen molar-refractivity contribution in [2.45, 2.75) is 46.3 Å². The molecule has 1 aliphatic heterocycles. The minimum Gasteiger partial charge on any atom is -0.340 e. The van der Waals surface area contributed by atoms with Crippen LogP contribution < -0.4 is 0 Å². The van der Waals surface area contributed by atoms with Crippen LogP contribution in [0, 0.1) is 18.7 Å². The van der Waals surface area contributed by atoms with Gasteiger partial charge in [0.2, 0.25) is 11.8 Å². The topological polar surface area (TPSA) is 62.5 Å². The van der Waals surface area contributed by atoms with Crippen LogP contribution in [0.25, 0.3) is 0 Å². The minimum absolute atomic E-state index is 0.0723. The number of rotatable bonds is 5. The predicted molar refractivity (Wildman–Crippen MR) is 94.5 cm³/mol. The second-order valence-electron chi connectivity index (χ2n) is 7.17. The molecule has 1 fully saturated rings. The molecule has 0 saturated carbocycles. The molecular weight excluding hydrogens is 335 g/mol. The molecule has 1 aliphatic rings. The van der Waals surface area contributed by atoms with Crippen LogP contribution in [0.15, 0.2) is 28.8 Å². The van der Waals surface area contributed by atoms with Crippen LogP contribution in [0.4, 0.5) is 4.39 Å². The third-order valence-electron chi connectivity index (χ3n) is 4.78. The smallest absolute Gasteiger partial charge is 0.224 e. The molecule has 0 bridgehead atoms. The number of hydrogen-bond acceptors (Lipinski definition) is 5. The van der Waals surface area contributed by atoms with Crippen molar-refractivity contribution in [2.75, 3.05) is 13.1 Å². The van der Waals surface area contributed by atoms with Crippen molar-refractivity contribution < 1.29 is 13.7 Å². The lowest BCUT2D eigenvalue weighted by Crippen LogP contribution is -2.45. The lowest BCUT2D eigenvalue weighted by molar-refractivity contribution is -0.134. The highest BCUT2D eigenvalue weighted by Gasteiger charge is 2.32. The van der Waals surface area contributed by atoms with Crippen LogP contribution in [0.1, 0.15) is 37.5 Å². The highest BCUT2D eigenvalue weighted by Crippen LogP contribution is 2.22. The van der Waals surface area contributed by atoms with Crippen molar-refractivity contribution in [1.82, 2.24) is 19.9 Å². The average molecular weight is 360 g/mol. The number of carbonyl (C=O) groups is 1. The van der Waals surface area contributed by atoms with Gasteiger partial charge in [0, 0.05) is 39.0 Å². The van der Waals surface area contributed by atoms with E-state index in [1.54, 1.807) is 19.1 Å². The summed E-state index contributed by atoms with van der Waals surface area (Å²) in [5.74, 6) is 1.35. The van der Waals surface area contributed by atoms with E-state index in [4.69, 9.17) is 4.52 Å². The van der Waals surface area contributed by atoms with E-state index in [9.17, 15) is 9.18 Å². The minimum atomic E-state index is -0.266. The summed E-state index contributed by atoms with van der Waals surface area (Å²) in [6, 6.07) is 6.43. The number of amides is 1. The highest BCUT2D eigenvalue weighted by molar-refractivity contribution is 5.77. The Labute approximate surface area is 153 Å². The van der Waals surface area contributed by atoms with Gasteiger partial charge in [0.25, 0.3) is 0 Å². The van der Waals surface area contributed by atoms with Gasteiger partial charge in [-0.25, -0.2) is 4.39 Å². The molecule has 0 N–H and O–H groups in total. The number of hydrogen-bond donors (Lipinski definition) is 0. The second-order valence-corrected chi connectivity index (χ2v) is 7.17. The molecule has 2 aromatic rings. The Morgan fingerprint density at radius 3 is 2.62 bits per heavy atom. The quantitative estimate of drug-likeness (QED) is 0.820. The van der Waals surface area contributed by atoms with Crippen molar-refractivity contribution >= 4 is 5.91 Å². The number of halogens is 1. The molecule has 6 nitrogen and oxygen atoms in total. The van der Waals surface area contributed by atoms with E-state index in [-0.39, 0.29) is 17.8 Å². The van der Waals surface area contributed by atoms with Gasteiger partial charge in [-0.3, -0.25) is 9.69 Å². The highest BCUT2D eigenvalue weighted by atomic mass is 19.1. The fraction of sp³-hybridized carbons (Fsp3) is 0.526. The van der Waals surface area contributed by atoms with Gasteiger partial charge in [-0.2, -0.15) is 4.98 Å². The van der Waals surface area contributed by atoms with Crippen molar-refractivity contribution in [3.05, 3.63) is 47.4 Å². The molecule has 7 heteroatoms. The molecule has 140 valence electrons. The van der Waals surface area contributed by atoms with Crippen LogP contribution in [-0.2, 0) is 17.9 Å². The number of carbonyl (C=O) groups excluding carboxylic acids is 1. The first-order valence-electron chi connectivity index (χ1n) is 8.98. The van der Waals surface area contributed by atoms with Gasteiger partial charge >= 0.3 is 0 Å². The predicted octanol–water partition coefficient (Wildman–Crippen LogP) is 2.78. The Morgan fingerprint density at radius 2 is 2.00 bits per heavy atom. The van der Waals surface area contributed by atoms with Crippen LogP contribution in [0.2, 0.25) is 0 Å². The Hall–Kier alpha value is -2.28. The van der Waals surface area contributed by atoms with E-state index >= 15 is 0 Å². The lowest BCUT2D eigenvalue weighted by Gasteiger charge is -2.34. The molecular formula is C19H25FN4O2. The summed E-state index contributed by atoms with van der Waals surface area (Å²) < 4.78 is 18.2. The molecule has 0 spiro atoms. The molecule has 3 rings (SSSR count). The van der Waals surface area contributed by atoms with Gasteiger partial charge in [-0.15, -0.1) is 0 Å². The van der Waals surface area contributed by atoms with Gasteiger partial charge < -0.3 is 9.42 Å². The first kappa shape index (κ1) is 18.5. The molecule has 1 atom stereocenters. The van der Waals surface area contributed by atoms with Gasteiger partial charge in [0.05, 0.1) is 6.54 Å². The van der Waals surface area contributed by atoms with Crippen LogP contribution in [0.5, 0.6) is 0 Å². The maximum absolute atomic E-state index is 13.2. The van der Waals surface area contributed by atoms with E-state index in [1.165, 1.54) is 12.1 Å². The maximum atomic E-state index is 13.2. The van der Waals surface area contributed by atoms with Gasteiger partial charge in [-0.05, 0) is 23.6 Å². The maximum Gasteiger partial charge on any atom is 0.224 e. The molecule has 2 heterocycles. The van der Waals surface area contributed by atoms with E-state index in [2.05, 4.69) is 28.9 Å². The van der Waals surface area contributed by atoms with E-state index < -0.39 is 0 Å². The van der Waals surface area contributed by atoms with Gasteiger partial charge in [0.15, 0.2) is 5.82 Å². The zero-order chi connectivity index (χ0) is 18.7. The fourth-order valence-corrected chi connectivity index (χ4v) is 3.35. The third kappa shape index (κ3) is 4.46. The van der Waals surface area contributed by atoms with Crippen LogP contribution >= 0.6 is 0 Å². The van der Waals surface area contributed by atoms with Crippen molar-refractivity contribution in [3.63, 3.8) is 0 Å². The molecule has 1 amide bonds. The summed E-state index contributed by atoms with van der Waals surface area (Å²) in [5, 5.41) is 3.96. The Balaban J connectivity index is 1.75. The van der Waals surface area contributed by atoms with Gasteiger partial charge in [0.1, 0.15) is 5.82 Å². The Bertz CT molecular complexity index is 744. The van der Waals surface area contributed by atoms with E-state index in [1.807, 2.05) is 4.90 Å². The van der Waals surface area contributed by atoms with Crippen molar-refractivity contribution in [3.8, 4) is 0 Å². The van der Waals surface area contributed by atoms with Crippen molar-refractivity contribution in [1.29, 1.82) is 0 Å². The van der Waals surface area contributed by atoms with Gasteiger partial charge in [-0.1, -0.05) is 31.1 Å². The first-order chi connectivity index (χ1) is 12.4. The van der Waals surface area contributed by atoms with E-state index in [0.717, 1.165) is 12.1 Å².